The van der Waals surface area contributed by atoms with Crippen molar-refractivity contribution in [3.63, 3.8) is 0 Å². The van der Waals surface area contributed by atoms with E-state index in [1.807, 2.05) is 6.92 Å². The molecule has 0 saturated heterocycles. The van der Waals surface area contributed by atoms with Gasteiger partial charge in [-0.25, -0.2) is 0 Å². The Kier molecular flexibility index (Phi) is 16.3. The molecule has 4 heteroatoms. The Labute approximate surface area is 106 Å². The number of nitrogens with zero attached hydrogens (tertiary/aromatic N) is 1. The maximum absolute atomic E-state index is 5.03. The van der Waals surface area contributed by atoms with Crippen LogP contribution in [-0.2, 0) is 21.1 Å². The molecule has 0 radical (unpaired) electrons. The second-order valence-electron chi connectivity index (χ2n) is 2.65. The van der Waals surface area contributed by atoms with Crippen molar-refractivity contribution in [1.82, 2.24) is 0 Å². The minimum atomic E-state index is 0. The summed E-state index contributed by atoms with van der Waals surface area (Å²) in [6, 6.07) is 0. The average molecular weight is 300 g/mol. The minimum absolute atomic E-state index is 0. The van der Waals surface area contributed by atoms with Crippen LogP contribution in [-0.4, -0.2) is 16.6 Å². The molecule has 0 fully saturated rings. The van der Waals surface area contributed by atoms with E-state index in [2.05, 4.69) is 12.2 Å². The summed E-state index contributed by atoms with van der Waals surface area (Å²) in [6.07, 6.45) is 5.25. The molecule has 0 aromatic carbocycles. The van der Waals surface area contributed by atoms with Crippen molar-refractivity contribution in [2.24, 2.45) is 0 Å². The maximum Gasteiger partial charge on any atom is 0 e. The van der Waals surface area contributed by atoms with Crippen LogP contribution in [0.15, 0.2) is 0 Å². The first-order valence-electron chi connectivity index (χ1n) is 4.65. The van der Waals surface area contributed by atoms with E-state index >= 15 is 0 Å². The van der Waals surface area contributed by atoms with Crippen LogP contribution in [0.2, 0.25) is 0 Å². The van der Waals surface area contributed by atoms with E-state index in [9.17, 15) is 0 Å². The molecule has 0 atom stereocenters. The quantitative estimate of drug-likeness (QED) is 0.418. The van der Waals surface area contributed by atoms with E-state index in [1.165, 1.54) is 25.7 Å². The van der Waals surface area contributed by atoms with Gasteiger partial charge in [0.2, 0.25) is 0 Å². The number of hydrogen-bond acceptors (Lipinski definition) is 2. The maximum atomic E-state index is 5.03. The van der Waals surface area contributed by atoms with Gasteiger partial charge in [0.25, 0.3) is 0 Å². The van der Waals surface area contributed by atoms with E-state index in [0.717, 1.165) is 16.6 Å². The van der Waals surface area contributed by atoms with E-state index in [0.29, 0.717) is 0 Å². The van der Waals surface area contributed by atoms with Crippen molar-refractivity contribution < 1.29 is 21.1 Å². The van der Waals surface area contributed by atoms with Gasteiger partial charge in [0.15, 0.2) is 0 Å². The molecule has 0 unspecified atom stereocenters. The van der Waals surface area contributed by atoms with Gasteiger partial charge in [0.05, 0.1) is 0 Å². The zero-order chi connectivity index (χ0) is 9.23. The molecule has 0 spiro atoms. The average Bonchev–Trinajstić information content (AvgIpc) is 2.05. The molecule has 0 saturated carbocycles. The van der Waals surface area contributed by atoms with Crippen LogP contribution < -0.4 is 0 Å². The smallest absolute Gasteiger partial charge is 0 e. The van der Waals surface area contributed by atoms with E-state index < -0.39 is 0 Å². The van der Waals surface area contributed by atoms with Crippen molar-refractivity contribution in [3.05, 3.63) is 5.32 Å². The topological polar surface area (TPSA) is 14.1 Å². The predicted molar refractivity (Wildman–Crippen MR) is 63.1 cm³/mol. The van der Waals surface area contributed by atoms with E-state index in [4.69, 9.17) is 12.2 Å². The summed E-state index contributed by atoms with van der Waals surface area (Å²) in [5.74, 6) is 1.14. The summed E-state index contributed by atoms with van der Waals surface area (Å²) in [6.45, 7) is 5.06. The third-order valence-corrected chi connectivity index (χ3v) is 2.86. The summed E-state index contributed by atoms with van der Waals surface area (Å²) in [4.78, 5) is 0. The van der Waals surface area contributed by atoms with Gasteiger partial charge in [-0.15, -0.1) is 18.3 Å². The van der Waals surface area contributed by atoms with Crippen LogP contribution in [0.5, 0.6) is 0 Å². The van der Waals surface area contributed by atoms with Crippen molar-refractivity contribution in [2.75, 3.05) is 12.3 Å². The third-order valence-electron chi connectivity index (χ3n) is 1.51. The van der Waals surface area contributed by atoms with Gasteiger partial charge in [-0.1, -0.05) is 45.3 Å². The number of unbranched alkanes of at least 4 members (excludes halogenated alkanes) is 3. The molecule has 13 heavy (non-hydrogen) atoms. The summed E-state index contributed by atoms with van der Waals surface area (Å²) in [7, 11) is 0. The summed E-state index contributed by atoms with van der Waals surface area (Å²) in [5, 5.41) is 4.14. The Morgan fingerprint density at radius 3 is 2.46 bits per heavy atom. The summed E-state index contributed by atoms with van der Waals surface area (Å²) >= 11 is 6.74. The van der Waals surface area contributed by atoms with Crippen LogP contribution in [0.3, 0.4) is 0 Å². The van der Waals surface area contributed by atoms with Gasteiger partial charge < -0.3 is 5.32 Å². The fourth-order valence-corrected chi connectivity index (χ4v) is 1.99. The van der Waals surface area contributed by atoms with Crippen molar-refractivity contribution >= 4 is 28.3 Å². The zero-order valence-electron chi connectivity index (χ0n) is 8.41. The molecule has 0 amide bonds. The minimum Gasteiger partial charge on any atom is -0.670 e. The molecule has 0 aliphatic carbocycles. The first-order chi connectivity index (χ1) is 5.81. The molecule has 0 aromatic heterocycles. The predicted octanol–water partition coefficient (Wildman–Crippen LogP) is 3.98. The zero-order valence-corrected chi connectivity index (χ0v) is 12.1. The Morgan fingerprint density at radius 1 is 1.23 bits per heavy atom. The monoisotopic (exact) mass is 302 g/mol. The van der Waals surface area contributed by atoms with Crippen LogP contribution in [0.25, 0.3) is 5.32 Å². The molecule has 1 nitrogen and oxygen atoms in total. The number of thioether (sulfide) groups is 1. The molecule has 78 valence electrons. The van der Waals surface area contributed by atoms with Crippen LogP contribution in [0.1, 0.15) is 39.5 Å². The summed E-state index contributed by atoms with van der Waals surface area (Å²) in [5.41, 5.74) is 0. The molecule has 0 aromatic rings. The fraction of sp³-hybridized carbons (Fsp3) is 0.889. The SMILES string of the molecule is CCCCCCSC(=S)[N-]CC.[Mo]. The Hall–Kier alpha value is 0.928. The second-order valence-corrected chi connectivity index (χ2v) is 4.38. The van der Waals surface area contributed by atoms with Gasteiger partial charge in [-0.3, -0.25) is 0 Å². The van der Waals surface area contributed by atoms with Crippen molar-refractivity contribution in [1.29, 1.82) is 0 Å². The summed E-state index contributed by atoms with van der Waals surface area (Å²) < 4.78 is 0.828. The second kappa shape index (κ2) is 12.9. The van der Waals surface area contributed by atoms with Crippen molar-refractivity contribution in [2.45, 2.75) is 39.5 Å². The standard InChI is InChI=1S/C9H19NS2.Mo/c1-3-5-6-7-8-12-9(11)10-4-2;/h3-8H2,1-2H3,(H,10,11);/p-1. The molecule has 0 aliphatic rings. The Bertz CT molecular complexity index is 120. The first-order valence-corrected chi connectivity index (χ1v) is 6.04. The van der Waals surface area contributed by atoms with Gasteiger partial charge in [0, 0.05) is 21.1 Å². The molecule has 0 bridgehead atoms. The van der Waals surface area contributed by atoms with Gasteiger partial charge in [-0.05, 0) is 16.5 Å². The number of hydrogen-bond donors (Lipinski definition) is 0. The number of thiocarbonyl (C=S) groups is 1. The first kappa shape index (κ1) is 16.4. The molecule has 0 rings (SSSR count). The molecule has 0 N–H and O–H groups in total. The molecular weight excluding hydrogens is 282 g/mol. The van der Waals surface area contributed by atoms with E-state index in [1.54, 1.807) is 11.8 Å². The molecular formula is C9H18MoNS2-. The van der Waals surface area contributed by atoms with Crippen LogP contribution >= 0.6 is 24.0 Å². The van der Waals surface area contributed by atoms with Gasteiger partial charge >= 0.3 is 0 Å². The molecule has 0 heterocycles. The van der Waals surface area contributed by atoms with Gasteiger partial charge in [0.1, 0.15) is 0 Å². The number of rotatable bonds is 6. The van der Waals surface area contributed by atoms with Gasteiger partial charge in [-0.2, -0.15) is 0 Å². The van der Waals surface area contributed by atoms with Crippen molar-refractivity contribution in [3.8, 4) is 0 Å². The van der Waals surface area contributed by atoms with E-state index in [-0.39, 0.29) is 21.1 Å². The third kappa shape index (κ3) is 12.9. The Balaban J connectivity index is 0. The van der Waals surface area contributed by atoms with Crippen LogP contribution in [0, 0.1) is 0 Å². The largest absolute Gasteiger partial charge is 0.670 e. The molecule has 0 aliphatic heterocycles. The van der Waals surface area contributed by atoms with Crippen LogP contribution in [0.4, 0.5) is 0 Å². The Morgan fingerprint density at radius 2 is 1.92 bits per heavy atom. The normalized spacial score (nSPS) is 9.08. The fourth-order valence-electron chi connectivity index (χ4n) is 0.863.